The average Bonchev–Trinajstić information content (AvgIpc) is 2.51. The third kappa shape index (κ3) is 10.2. The van der Waals surface area contributed by atoms with Gasteiger partial charge in [0, 0.05) is 39.8 Å². The van der Waals surface area contributed by atoms with E-state index in [1.54, 1.807) is 12.0 Å². The number of methoxy groups -OCH3 is 1. The van der Waals surface area contributed by atoms with Gasteiger partial charge in [-0.05, 0) is 0 Å². The number of halogens is 1. The molecule has 7 nitrogen and oxygen atoms in total. The molecular weight excluding hydrogens is 330 g/mol. The van der Waals surface area contributed by atoms with Gasteiger partial charge in [-0.2, -0.15) is 0 Å². The maximum atomic E-state index is 11.8. The number of carbonyl (C=O) groups excluding carboxylic acids is 2. The van der Waals surface area contributed by atoms with Crippen molar-refractivity contribution >= 4 is 36.0 Å². The number of carbonyl (C=O) groups is 2. The van der Waals surface area contributed by atoms with Crippen LogP contribution >= 0.6 is 24.2 Å². The number of amides is 2. The molecule has 0 aromatic carbocycles. The molecule has 0 radical (unpaired) electrons. The monoisotopic (exact) mass is 355 g/mol. The fourth-order valence-corrected chi connectivity index (χ4v) is 2.52. The van der Waals surface area contributed by atoms with Crippen molar-refractivity contribution in [1.82, 2.24) is 15.5 Å². The van der Waals surface area contributed by atoms with Crippen LogP contribution in [0.3, 0.4) is 0 Å². The molecule has 0 unspecified atom stereocenters. The summed E-state index contributed by atoms with van der Waals surface area (Å²) in [5, 5.41) is 5.94. The van der Waals surface area contributed by atoms with E-state index in [4.69, 9.17) is 9.47 Å². The quantitative estimate of drug-likeness (QED) is 0.507. The van der Waals surface area contributed by atoms with Gasteiger partial charge < -0.3 is 25.0 Å². The third-order valence-corrected chi connectivity index (χ3v) is 3.85. The summed E-state index contributed by atoms with van der Waals surface area (Å²) in [6.07, 6.45) is 0. The van der Waals surface area contributed by atoms with Crippen LogP contribution in [0.4, 0.5) is 0 Å². The Balaban J connectivity index is 0.00000441. The van der Waals surface area contributed by atoms with Gasteiger partial charge in [0.05, 0.1) is 31.3 Å². The van der Waals surface area contributed by atoms with Crippen molar-refractivity contribution in [3.63, 3.8) is 0 Å². The second-order valence-corrected chi connectivity index (χ2v) is 5.56. The molecule has 1 fully saturated rings. The molecule has 22 heavy (non-hydrogen) atoms. The Labute approximate surface area is 142 Å². The van der Waals surface area contributed by atoms with Gasteiger partial charge in [-0.3, -0.25) is 9.59 Å². The molecule has 2 amide bonds. The lowest BCUT2D eigenvalue weighted by molar-refractivity contribution is -0.132. The Morgan fingerprint density at radius 1 is 1.18 bits per heavy atom. The first-order valence-electron chi connectivity index (χ1n) is 7.13. The van der Waals surface area contributed by atoms with Gasteiger partial charge in [-0.15, -0.1) is 24.2 Å². The van der Waals surface area contributed by atoms with E-state index in [1.807, 2.05) is 0 Å². The summed E-state index contributed by atoms with van der Waals surface area (Å²) in [6, 6.07) is 0. The Kier molecular flexibility index (Phi) is 13.7. The van der Waals surface area contributed by atoms with Gasteiger partial charge in [-0.1, -0.05) is 0 Å². The van der Waals surface area contributed by atoms with Crippen molar-refractivity contribution in [1.29, 1.82) is 0 Å². The van der Waals surface area contributed by atoms with E-state index in [9.17, 15) is 9.59 Å². The van der Waals surface area contributed by atoms with Crippen LogP contribution in [0.1, 0.15) is 0 Å². The summed E-state index contributed by atoms with van der Waals surface area (Å²) in [6.45, 7) is 5.24. The largest absolute Gasteiger partial charge is 0.383 e. The van der Waals surface area contributed by atoms with E-state index < -0.39 is 0 Å². The number of hydrogen-bond donors (Lipinski definition) is 2. The Morgan fingerprint density at radius 3 is 2.59 bits per heavy atom. The van der Waals surface area contributed by atoms with E-state index in [1.165, 1.54) is 11.8 Å². The fraction of sp³-hybridized carbons (Fsp3) is 0.846. The van der Waals surface area contributed by atoms with Crippen molar-refractivity contribution in [2.45, 2.75) is 0 Å². The number of morpholine rings is 1. The molecule has 1 saturated heterocycles. The molecular formula is C13H26ClN3O4S. The molecule has 1 aliphatic rings. The van der Waals surface area contributed by atoms with Gasteiger partial charge in [0.25, 0.3) is 0 Å². The number of nitrogens with zero attached hydrogens (tertiary/aromatic N) is 1. The van der Waals surface area contributed by atoms with E-state index in [0.717, 1.165) is 6.54 Å². The number of nitrogens with one attached hydrogen (secondary N) is 2. The SMILES string of the molecule is COCCNCCNC(=O)CSCC(=O)N1CCOCC1.Cl. The first kappa shape index (κ1) is 21.5. The molecule has 0 aliphatic carbocycles. The second-order valence-electron chi connectivity index (χ2n) is 4.58. The summed E-state index contributed by atoms with van der Waals surface area (Å²) in [5.41, 5.74) is 0. The number of hydrogen-bond acceptors (Lipinski definition) is 6. The van der Waals surface area contributed by atoms with Gasteiger partial charge >= 0.3 is 0 Å². The van der Waals surface area contributed by atoms with Gasteiger partial charge in [0.2, 0.25) is 11.8 Å². The molecule has 0 aromatic heterocycles. The third-order valence-electron chi connectivity index (χ3n) is 2.93. The molecule has 1 rings (SSSR count). The highest BCUT2D eigenvalue weighted by atomic mass is 35.5. The van der Waals surface area contributed by atoms with E-state index >= 15 is 0 Å². The first-order valence-corrected chi connectivity index (χ1v) is 8.29. The number of thioether (sulfide) groups is 1. The molecule has 1 aliphatic heterocycles. The highest BCUT2D eigenvalue weighted by Gasteiger charge is 2.16. The van der Waals surface area contributed by atoms with Crippen LogP contribution in [0.25, 0.3) is 0 Å². The minimum absolute atomic E-state index is 0. The zero-order valence-corrected chi connectivity index (χ0v) is 14.6. The minimum atomic E-state index is -0.0386. The maximum Gasteiger partial charge on any atom is 0.232 e. The van der Waals surface area contributed by atoms with Gasteiger partial charge in [0.1, 0.15) is 0 Å². The van der Waals surface area contributed by atoms with E-state index in [0.29, 0.717) is 57.5 Å². The van der Waals surface area contributed by atoms with Crippen molar-refractivity contribution in [3.05, 3.63) is 0 Å². The molecule has 0 atom stereocenters. The summed E-state index contributed by atoms with van der Waals surface area (Å²) >= 11 is 1.35. The second kappa shape index (κ2) is 14.1. The van der Waals surface area contributed by atoms with Crippen LogP contribution < -0.4 is 10.6 Å². The highest BCUT2D eigenvalue weighted by molar-refractivity contribution is 8.00. The molecule has 0 spiro atoms. The lowest BCUT2D eigenvalue weighted by Crippen LogP contribution is -2.41. The predicted molar refractivity (Wildman–Crippen MR) is 89.7 cm³/mol. The van der Waals surface area contributed by atoms with Crippen molar-refractivity contribution in [2.75, 3.05) is 71.2 Å². The highest BCUT2D eigenvalue weighted by Crippen LogP contribution is 2.04. The molecule has 0 saturated carbocycles. The smallest absolute Gasteiger partial charge is 0.232 e. The lowest BCUT2D eigenvalue weighted by Gasteiger charge is -2.26. The lowest BCUT2D eigenvalue weighted by atomic mass is 10.4. The zero-order chi connectivity index (χ0) is 15.3. The van der Waals surface area contributed by atoms with Gasteiger partial charge in [-0.25, -0.2) is 0 Å². The predicted octanol–water partition coefficient (Wildman–Crippen LogP) is -0.648. The van der Waals surface area contributed by atoms with Crippen LogP contribution in [0.15, 0.2) is 0 Å². The maximum absolute atomic E-state index is 11.8. The van der Waals surface area contributed by atoms with Crippen LogP contribution in [0, 0.1) is 0 Å². The minimum Gasteiger partial charge on any atom is -0.383 e. The Morgan fingerprint density at radius 2 is 1.91 bits per heavy atom. The molecule has 1 heterocycles. The van der Waals surface area contributed by atoms with Gasteiger partial charge in [0.15, 0.2) is 0 Å². The average molecular weight is 356 g/mol. The Bertz CT molecular complexity index is 318. The standard InChI is InChI=1S/C13H25N3O4S.ClH/c1-19-7-4-14-2-3-15-12(17)10-21-11-13(18)16-5-8-20-9-6-16;/h14H,2-11H2,1H3,(H,15,17);1H. The van der Waals surface area contributed by atoms with Crippen molar-refractivity contribution < 1.29 is 19.1 Å². The molecule has 2 N–H and O–H groups in total. The van der Waals surface area contributed by atoms with Crippen LogP contribution in [-0.4, -0.2) is 87.9 Å². The Hall–Kier alpha value is -0.540. The van der Waals surface area contributed by atoms with Crippen LogP contribution in [-0.2, 0) is 19.1 Å². The molecule has 0 bridgehead atoms. The summed E-state index contributed by atoms with van der Waals surface area (Å²) in [5.74, 6) is 0.703. The summed E-state index contributed by atoms with van der Waals surface area (Å²) < 4.78 is 10.1. The zero-order valence-electron chi connectivity index (χ0n) is 13.0. The van der Waals surface area contributed by atoms with E-state index in [2.05, 4.69) is 10.6 Å². The van der Waals surface area contributed by atoms with Crippen LogP contribution in [0.5, 0.6) is 0 Å². The number of rotatable bonds is 10. The topological polar surface area (TPSA) is 79.9 Å². The van der Waals surface area contributed by atoms with Crippen molar-refractivity contribution in [3.8, 4) is 0 Å². The molecule has 9 heteroatoms. The fourth-order valence-electron chi connectivity index (χ4n) is 1.78. The normalized spacial score (nSPS) is 14.3. The van der Waals surface area contributed by atoms with Crippen molar-refractivity contribution in [2.24, 2.45) is 0 Å². The molecule has 0 aromatic rings. The summed E-state index contributed by atoms with van der Waals surface area (Å²) in [7, 11) is 1.65. The van der Waals surface area contributed by atoms with E-state index in [-0.39, 0.29) is 24.2 Å². The summed E-state index contributed by atoms with van der Waals surface area (Å²) in [4.78, 5) is 25.2. The number of ether oxygens (including phenoxy) is 2. The molecule has 130 valence electrons. The first-order chi connectivity index (χ1) is 10.2. The van der Waals surface area contributed by atoms with Crippen LogP contribution in [0.2, 0.25) is 0 Å².